The number of anilines is 2. The van der Waals surface area contributed by atoms with Crippen molar-refractivity contribution in [3.8, 4) is 0 Å². The van der Waals surface area contributed by atoms with Crippen LogP contribution in [0.4, 0.5) is 10.8 Å². The van der Waals surface area contributed by atoms with E-state index in [1.807, 2.05) is 24.3 Å². The molecule has 0 saturated heterocycles. The molecule has 3 aromatic rings. The summed E-state index contributed by atoms with van der Waals surface area (Å²) in [5.41, 5.74) is 2.28. The minimum Gasteiger partial charge on any atom is -0.321 e. The quantitative estimate of drug-likeness (QED) is 0.586. The molecule has 3 rings (SSSR count). The van der Waals surface area contributed by atoms with Crippen molar-refractivity contribution in [2.45, 2.75) is 25.2 Å². The van der Waals surface area contributed by atoms with E-state index < -0.39 is 10.0 Å². The third-order valence-corrected chi connectivity index (χ3v) is 6.78. The molecule has 2 aromatic carbocycles. The third kappa shape index (κ3) is 4.70. The summed E-state index contributed by atoms with van der Waals surface area (Å²) in [4.78, 5) is 17.1. The Balaban J connectivity index is 1.76. The number of carbonyl (C=O) groups excluding carboxylic acids is 1. The lowest BCUT2D eigenvalue weighted by Crippen LogP contribution is -2.12. The van der Waals surface area contributed by atoms with Gasteiger partial charge in [0, 0.05) is 10.7 Å². The summed E-state index contributed by atoms with van der Waals surface area (Å²) in [5, 5.41) is 3.37. The molecule has 9 heteroatoms. The zero-order valence-corrected chi connectivity index (χ0v) is 17.6. The smallest absolute Gasteiger partial charge is 0.267 e. The molecule has 0 bridgehead atoms. The number of hydrogen-bond acceptors (Lipinski definition) is 5. The van der Waals surface area contributed by atoms with Gasteiger partial charge >= 0.3 is 0 Å². The van der Waals surface area contributed by atoms with E-state index in [0.29, 0.717) is 21.3 Å². The van der Waals surface area contributed by atoms with Gasteiger partial charge in [-0.15, -0.1) is 0 Å². The minimum absolute atomic E-state index is 0.0618. The second-order valence-electron chi connectivity index (χ2n) is 6.00. The summed E-state index contributed by atoms with van der Waals surface area (Å²) in [6.45, 7) is 3.71. The molecular formula is C19H18ClN3O3S2. The van der Waals surface area contributed by atoms with Crippen LogP contribution in [0.15, 0.2) is 53.4 Å². The molecule has 146 valence electrons. The first-order valence-electron chi connectivity index (χ1n) is 8.44. The number of amides is 1. The van der Waals surface area contributed by atoms with Crippen molar-refractivity contribution in [2.75, 3.05) is 10.0 Å². The SMILES string of the molecule is CCc1ccc(NC(=O)c2sc(NS(=O)(=O)c3ccc(Cl)cc3)nc2C)cc1. The van der Waals surface area contributed by atoms with Crippen LogP contribution in [0.3, 0.4) is 0 Å². The lowest BCUT2D eigenvalue weighted by molar-refractivity contribution is 0.103. The highest BCUT2D eigenvalue weighted by Gasteiger charge is 2.20. The predicted octanol–water partition coefficient (Wildman–Crippen LogP) is 4.72. The molecule has 2 N–H and O–H groups in total. The van der Waals surface area contributed by atoms with Gasteiger partial charge in [-0.05, 0) is 55.3 Å². The Kier molecular flexibility index (Phi) is 6.02. The van der Waals surface area contributed by atoms with Gasteiger partial charge in [-0.1, -0.05) is 42.0 Å². The third-order valence-electron chi connectivity index (χ3n) is 3.97. The summed E-state index contributed by atoms with van der Waals surface area (Å²) in [6, 6.07) is 13.3. The fourth-order valence-electron chi connectivity index (χ4n) is 2.45. The molecule has 0 aliphatic rings. The van der Waals surface area contributed by atoms with Crippen LogP contribution in [0.2, 0.25) is 5.02 Å². The number of halogens is 1. The molecule has 0 saturated carbocycles. The summed E-state index contributed by atoms with van der Waals surface area (Å²) in [5.74, 6) is -0.337. The van der Waals surface area contributed by atoms with E-state index in [1.54, 1.807) is 6.92 Å². The molecular weight excluding hydrogens is 418 g/mol. The van der Waals surface area contributed by atoms with E-state index in [4.69, 9.17) is 11.6 Å². The second kappa shape index (κ2) is 8.30. The molecule has 0 aliphatic carbocycles. The van der Waals surface area contributed by atoms with Crippen LogP contribution in [0, 0.1) is 6.92 Å². The topological polar surface area (TPSA) is 88.2 Å². The molecule has 1 amide bonds. The van der Waals surface area contributed by atoms with E-state index in [9.17, 15) is 13.2 Å². The van der Waals surface area contributed by atoms with Gasteiger partial charge < -0.3 is 5.32 Å². The fraction of sp³-hybridized carbons (Fsp3) is 0.158. The van der Waals surface area contributed by atoms with E-state index in [-0.39, 0.29) is 15.9 Å². The predicted molar refractivity (Wildman–Crippen MR) is 113 cm³/mol. The van der Waals surface area contributed by atoms with Gasteiger partial charge in [0.2, 0.25) is 0 Å². The first-order chi connectivity index (χ1) is 13.3. The average Bonchev–Trinajstić information content (AvgIpc) is 3.02. The number of rotatable bonds is 6. The Bertz CT molecular complexity index is 1090. The fourth-order valence-corrected chi connectivity index (χ4v) is 4.67. The number of aromatic nitrogens is 1. The zero-order chi connectivity index (χ0) is 20.3. The molecule has 0 unspecified atom stereocenters. The van der Waals surface area contributed by atoms with Crippen LogP contribution < -0.4 is 10.0 Å². The minimum atomic E-state index is -3.82. The zero-order valence-electron chi connectivity index (χ0n) is 15.2. The highest BCUT2D eigenvalue weighted by Crippen LogP contribution is 2.26. The normalized spacial score (nSPS) is 11.2. The summed E-state index contributed by atoms with van der Waals surface area (Å²) < 4.78 is 27.3. The molecule has 6 nitrogen and oxygen atoms in total. The molecule has 28 heavy (non-hydrogen) atoms. The van der Waals surface area contributed by atoms with E-state index in [0.717, 1.165) is 17.8 Å². The van der Waals surface area contributed by atoms with Crippen LogP contribution in [-0.2, 0) is 16.4 Å². The molecule has 0 fully saturated rings. The molecule has 1 heterocycles. The van der Waals surface area contributed by atoms with Crippen molar-refractivity contribution in [3.63, 3.8) is 0 Å². The van der Waals surface area contributed by atoms with Crippen LogP contribution in [0.25, 0.3) is 0 Å². The molecule has 0 radical (unpaired) electrons. The van der Waals surface area contributed by atoms with E-state index >= 15 is 0 Å². The number of nitrogens with zero attached hydrogens (tertiary/aromatic N) is 1. The maximum atomic E-state index is 12.5. The molecule has 0 aliphatic heterocycles. The van der Waals surface area contributed by atoms with Gasteiger partial charge in [0.25, 0.3) is 15.9 Å². The Morgan fingerprint density at radius 1 is 1.11 bits per heavy atom. The maximum absolute atomic E-state index is 12.5. The van der Waals surface area contributed by atoms with E-state index in [2.05, 4.69) is 21.9 Å². The van der Waals surface area contributed by atoms with Crippen molar-refractivity contribution in [1.82, 2.24) is 4.98 Å². The van der Waals surface area contributed by atoms with Crippen molar-refractivity contribution in [1.29, 1.82) is 0 Å². The maximum Gasteiger partial charge on any atom is 0.267 e. The Labute approximate surface area is 172 Å². The highest BCUT2D eigenvalue weighted by molar-refractivity contribution is 7.93. The van der Waals surface area contributed by atoms with Crippen molar-refractivity contribution in [2.24, 2.45) is 0 Å². The van der Waals surface area contributed by atoms with E-state index in [1.165, 1.54) is 29.8 Å². The van der Waals surface area contributed by atoms with Gasteiger partial charge in [-0.2, -0.15) is 0 Å². The number of nitrogens with one attached hydrogen (secondary N) is 2. The monoisotopic (exact) mass is 435 g/mol. The van der Waals surface area contributed by atoms with Crippen molar-refractivity contribution < 1.29 is 13.2 Å². The standard InChI is InChI=1S/C19H18ClN3O3S2/c1-3-13-4-8-15(9-5-13)22-18(24)17-12(2)21-19(27-17)23-28(25,26)16-10-6-14(20)7-11-16/h4-11H,3H2,1-2H3,(H,21,23)(H,22,24). The van der Waals surface area contributed by atoms with Gasteiger partial charge in [0.05, 0.1) is 10.6 Å². The lowest BCUT2D eigenvalue weighted by atomic mass is 10.1. The molecule has 1 aromatic heterocycles. The molecule has 0 spiro atoms. The summed E-state index contributed by atoms with van der Waals surface area (Å²) >= 11 is 6.77. The number of benzene rings is 2. The molecule has 0 atom stereocenters. The Hall–Kier alpha value is -2.42. The van der Waals surface area contributed by atoms with Gasteiger partial charge in [0.1, 0.15) is 4.88 Å². The Morgan fingerprint density at radius 3 is 2.36 bits per heavy atom. The first kappa shape index (κ1) is 20.3. The van der Waals surface area contributed by atoms with Crippen molar-refractivity contribution in [3.05, 3.63) is 69.7 Å². The van der Waals surface area contributed by atoms with Crippen LogP contribution in [0.1, 0.15) is 27.9 Å². The largest absolute Gasteiger partial charge is 0.321 e. The average molecular weight is 436 g/mol. The van der Waals surface area contributed by atoms with Crippen LogP contribution in [0.5, 0.6) is 0 Å². The second-order valence-corrected chi connectivity index (χ2v) is 9.12. The highest BCUT2D eigenvalue weighted by atomic mass is 35.5. The number of carbonyl (C=O) groups is 1. The number of hydrogen-bond donors (Lipinski definition) is 2. The summed E-state index contributed by atoms with van der Waals surface area (Å²) in [6.07, 6.45) is 0.916. The van der Waals surface area contributed by atoms with Crippen LogP contribution >= 0.6 is 22.9 Å². The van der Waals surface area contributed by atoms with Gasteiger partial charge in [-0.25, -0.2) is 13.4 Å². The van der Waals surface area contributed by atoms with Gasteiger partial charge in [-0.3, -0.25) is 9.52 Å². The van der Waals surface area contributed by atoms with Crippen molar-refractivity contribution >= 4 is 49.7 Å². The summed E-state index contributed by atoms with van der Waals surface area (Å²) in [7, 11) is -3.82. The van der Waals surface area contributed by atoms with Gasteiger partial charge in [0.15, 0.2) is 5.13 Å². The Morgan fingerprint density at radius 2 is 1.75 bits per heavy atom. The number of aryl methyl sites for hydroxylation is 2. The lowest BCUT2D eigenvalue weighted by Gasteiger charge is -2.05. The number of sulfonamides is 1. The number of thiazole rings is 1. The first-order valence-corrected chi connectivity index (χ1v) is 11.1. The van der Waals surface area contributed by atoms with Crippen LogP contribution in [-0.4, -0.2) is 19.3 Å².